The molecule has 5 rings (SSSR count). The van der Waals surface area contributed by atoms with E-state index in [0.717, 1.165) is 12.0 Å². The summed E-state index contributed by atoms with van der Waals surface area (Å²) in [6.45, 7) is 2.34. The monoisotopic (exact) mass is 314 g/mol. The normalized spacial score (nSPS) is 17.3. The first-order valence-electron chi connectivity index (χ1n) is 8.54. The molecule has 1 N–H and O–H groups in total. The summed E-state index contributed by atoms with van der Waals surface area (Å²) in [5.74, 6) is 1.30. The Labute approximate surface area is 139 Å². The molecule has 0 saturated carbocycles. The molecule has 4 nitrogen and oxygen atoms in total. The summed E-state index contributed by atoms with van der Waals surface area (Å²) < 4.78 is 0. The average molecular weight is 314 g/mol. The van der Waals surface area contributed by atoms with E-state index in [9.17, 15) is 0 Å². The van der Waals surface area contributed by atoms with Crippen molar-refractivity contribution in [3.05, 3.63) is 53.6 Å². The zero-order valence-corrected chi connectivity index (χ0v) is 13.6. The van der Waals surface area contributed by atoms with Gasteiger partial charge in [0.1, 0.15) is 0 Å². The van der Waals surface area contributed by atoms with E-state index in [-0.39, 0.29) is 0 Å². The van der Waals surface area contributed by atoms with Gasteiger partial charge in [0.05, 0.1) is 0 Å². The third-order valence-electron chi connectivity index (χ3n) is 5.37. The molecule has 1 unspecified atom stereocenters. The van der Waals surface area contributed by atoms with Gasteiger partial charge in [-0.1, -0.05) is 43.3 Å². The number of hydrogen-bond donors (Lipinski definition) is 1. The fourth-order valence-corrected chi connectivity index (χ4v) is 4.20. The highest BCUT2D eigenvalue weighted by molar-refractivity contribution is 6.14. The number of tetrazole rings is 1. The quantitative estimate of drug-likeness (QED) is 0.522. The number of aromatic amines is 1. The molecule has 3 aromatic carbocycles. The molecular weight excluding hydrogens is 296 g/mol. The Balaban J connectivity index is 1.94. The van der Waals surface area contributed by atoms with Gasteiger partial charge in [0, 0.05) is 5.56 Å². The molecule has 0 saturated heterocycles. The number of rotatable bonds is 1. The fourth-order valence-electron chi connectivity index (χ4n) is 4.20. The first-order valence-corrected chi connectivity index (χ1v) is 8.54. The van der Waals surface area contributed by atoms with Crippen LogP contribution in [0.4, 0.5) is 0 Å². The van der Waals surface area contributed by atoms with Crippen LogP contribution in [0.3, 0.4) is 0 Å². The van der Waals surface area contributed by atoms with Gasteiger partial charge in [0.25, 0.3) is 0 Å². The Kier molecular flexibility index (Phi) is 2.92. The lowest BCUT2D eigenvalue weighted by molar-refractivity contribution is 0.593. The van der Waals surface area contributed by atoms with Crippen molar-refractivity contribution < 1.29 is 0 Å². The highest BCUT2D eigenvalue weighted by atomic mass is 15.5. The number of aromatic nitrogens is 4. The summed E-state index contributed by atoms with van der Waals surface area (Å²) in [5.41, 5.74) is 4.06. The van der Waals surface area contributed by atoms with Crippen LogP contribution >= 0.6 is 0 Å². The molecule has 1 aliphatic carbocycles. The van der Waals surface area contributed by atoms with E-state index in [1.807, 2.05) is 0 Å². The van der Waals surface area contributed by atoms with Crippen LogP contribution in [-0.4, -0.2) is 20.6 Å². The van der Waals surface area contributed by atoms with E-state index in [1.165, 1.54) is 45.5 Å². The molecule has 1 atom stereocenters. The zero-order chi connectivity index (χ0) is 16.1. The van der Waals surface area contributed by atoms with Crippen molar-refractivity contribution >= 4 is 21.5 Å². The van der Waals surface area contributed by atoms with Crippen molar-refractivity contribution in [2.75, 3.05) is 0 Å². The average Bonchev–Trinajstić information content (AvgIpc) is 3.15. The second kappa shape index (κ2) is 5.13. The van der Waals surface area contributed by atoms with Gasteiger partial charge in [0.2, 0.25) is 5.82 Å². The van der Waals surface area contributed by atoms with E-state index in [0.29, 0.717) is 11.7 Å². The van der Waals surface area contributed by atoms with Gasteiger partial charge in [-0.15, -0.1) is 10.2 Å². The van der Waals surface area contributed by atoms with Gasteiger partial charge < -0.3 is 0 Å². The molecule has 4 aromatic rings. The molecule has 0 bridgehead atoms. The van der Waals surface area contributed by atoms with Crippen molar-refractivity contribution in [2.45, 2.75) is 32.1 Å². The zero-order valence-electron chi connectivity index (χ0n) is 13.6. The summed E-state index contributed by atoms with van der Waals surface area (Å²) in [6.07, 6.45) is 3.70. The van der Waals surface area contributed by atoms with Crippen LogP contribution in [-0.2, 0) is 6.42 Å². The fraction of sp³-hybridized carbons (Fsp3) is 0.250. The van der Waals surface area contributed by atoms with E-state index >= 15 is 0 Å². The van der Waals surface area contributed by atoms with Crippen molar-refractivity contribution in [1.82, 2.24) is 20.6 Å². The van der Waals surface area contributed by atoms with Crippen LogP contribution in [0.25, 0.3) is 32.9 Å². The third-order valence-corrected chi connectivity index (χ3v) is 5.37. The highest BCUT2D eigenvalue weighted by Gasteiger charge is 2.20. The lowest BCUT2D eigenvalue weighted by Crippen LogP contribution is -2.07. The molecule has 1 heterocycles. The van der Waals surface area contributed by atoms with E-state index < -0.39 is 0 Å². The second-order valence-corrected chi connectivity index (χ2v) is 6.73. The molecular formula is C20H18N4. The number of H-pyrrole nitrogens is 1. The molecule has 1 aromatic heterocycles. The van der Waals surface area contributed by atoms with Gasteiger partial charge in [-0.2, -0.15) is 5.21 Å². The maximum atomic E-state index is 4.22. The standard InChI is InChI=1S/C20H18N4/c1-12-5-4-8-14-13(12)9-10-17-15-6-2-3-7-16(15)19(11-18(14)17)20-21-23-24-22-20/h2-3,6-7,9-12H,4-5,8H2,1H3,(H,21,22,23,24). The van der Waals surface area contributed by atoms with Crippen LogP contribution in [0.15, 0.2) is 42.5 Å². The Bertz CT molecular complexity index is 1050. The molecule has 4 heteroatoms. The van der Waals surface area contributed by atoms with Crippen LogP contribution in [0.2, 0.25) is 0 Å². The summed E-state index contributed by atoms with van der Waals surface area (Å²) in [6, 6.07) is 15.4. The van der Waals surface area contributed by atoms with Gasteiger partial charge in [0.15, 0.2) is 0 Å². The Morgan fingerprint density at radius 2 is 1.83 bits per heavy atom. The molecule has 0 amide bonds. The van der Waals surface area contributed by atoms with Gasteiger partial charge in [-0.3, -0.25) is 0 Å². The number of nitrogens with zero attached hydrogens (tertiary/aromatic N) is 3. The lowest BCUT2D eigenvalue weighted by Gasteiger charge is -2.24. The van der Waals surface area contributed by atoms with Crippen LogP contribution in [0.5, 0.6) is 0 Å². The Hall–Kier alpha value is -2.75. The maximum Gasteiger partial charge on any atom is 0.205 e. The highest BCUT2D eigenvalue weighted by Crippen LogP contribution is 2.40. The Morgan fingerprint density at radius 1 is 1.00 bits per heavy atom. The lowest BCUT2D eigenvalue weighted by atomic mass is 9.80. The molecule has 118 valence electrons. The summed E-state index contributed by atoms with van der Waals surface area (Å²) in [7, 11) is 0. The van der Waals surface area contributed by atoms with Crippen LogP contribution < -0.4 is 0 Å². The van der Waals surface area contributed by atoms with Crippen molar-refractivity contribution in [1.29, 1.82) is 0 Å². The van der Waals surface area contributed by atoms with Crippen molar-refractivity contribution in [3.8, 4) is 11.4 Å². The molecule has 0 radical (unpaired) electrons. The summed E-state index contributed by atoms with van der Waals surface area (Å²) >= 11 is 0. The number of benzene rings is 3. The minimum absolute atomic E-state index is 0.637. The second-order valence-electron chi connectivity index (χ2n) is 6.73. The first-order chi connectivity index (χ1) is 11.8. The summed E-state index contributed by atoms with van der Waals surface area (Å²) in [4.78, 5) is 0. The number of fused-ring (bicyclic) bond motifs is 5. The Morgan fingerprint density at radius 3 is 2.67 bits per heavy atom. The number of hydrogen-bond acceptors (Lipinski definition) is 3. The van der Waals surface area contributed by atoms with Crippen LogP contribution in [0, 0.1) is 0 Å². The van der Waals surface area contributed by atoms with E-state index in [1.54, 1.807) is 0 Å². The molecule has 0 aliphatic heterocycles. The molecule has 0 spiro atoms. The van der Waals surface area contributed by atoms with Gasteiger partial charge in [-0.25, -0.2) is 0 Å². The predicted molar refractivity (Wildman–Crippen MR) is 96.0 cm³/mol. The van der Waals surface area contributed by atoms with Gasteiger partial charge in [-0.05, 0) is 69.1 Å². The molecule has 0 fully saturated rings. The third kappa shape index (κ3) is 1.89. The van der Waals surface area contributed by atoms with E-state index in [4.69, 9.17) is 0 Å². The SMILES string of the molecule is CC1CCCc2c1ccc1c2cc(-c2nn[nH]n2)c2ccccc21. The smallest absolute Gasteiger partial charge is 0.177 e. The number of nitrogens with one attached hydrogen (secondary N) is 1. The number of aryl methyl sites for hydroxylation is 1. The molecule has 24 heavy (non-hydrogen) atoms. The summed E-state index contributed by atoms with van der Waals surface area (Å²) in [5, 5.41) is 19.9. The minimum Gasteiger partial charge on any atom is -0.177 e. The minimum atomic E-state index is 0.637. The molecule has 1 aliphatic rings. The largest absolute Gasteiger partial charge is 0.205 e. The van der Waals surface area contributed by atoms with Gasteiger partial charge >= 0.3 is 0 Å². The topological polar surface area (TPSA) is 54.5 Å². The van der Waals surface area contributed by atoms with Crippen molar-refractivity contribution in [2.24, 2.45) is 0 Å². The first kappa shape index (κ1) is 13.7. The maximum absolute atomic E-state index is 4.22. The van der Waals surface area contributed by atoms with Crippen molar-refractivity contribution in [3.63, 3.8) is 0 Å². The predicted octanol–water partition coefficient (Wildman–Crippen LogP) is 4.61. The van der Waals surface area contributed by atoms with Crippen LogP contribution in [0.1, 0.15) is 36.8 Å². The van der Waals surface area contributed by atoms with E-state index in [2.05, 4.69) is 70.0 Å².